The number of anilines is 2. The predicted octanol–water partition coefficient (Wildman–Crippen LogP) is 4.90. The SMILES string of the molecule is CCC(=O)Nc1ccc(-c2csc(NC(=O)[C@@H]3CCCN3C(=O)OCc3ccccc3)n2)cc1. The molecule has 1 atom stereocenters. The molecule has 0 spiro atoms. The van der Waals surface area contributed by atoms with Crippen LogP contribution in [0.15, 0.2) is 60.0 Å². The molecule has 1 fully saturated rings. The van der Waals surface area contributed by atoms with Crippen molar-refractivity contribution in [1.82, 2.24) is 9.88 Å². The summed E-state index contributed by atoms with van der Waals surface area (Å²) < 4.78 is 5.41. The summed E-state index contributed by atoms with van der Waals surface area (Å²) in [6.07, 6.45) is 1.24. The van der Waals surface area contributed by atoms with Crippen molar-refractivity contribution in [2.24, 2.45) is 0 Å². The molecule has 8 nitrogen and oxygen atoms in total. The summed E-state index contributed by atoms with van der Waals surface area (Å²) in [5.41, 5.74) is 3.21. The molecule has 34 heavy (non-hydrogen) atoms. The van der Waals surface area contributed by atoms with E-state index < -0.39 is 12.1 Å². The van der Waals surface area contributed by atoms with E-state index in [1.54, 1.807) is 6.92 Å². The molecule has 3 amide bonds. The smallest absolute Gasteiger partial charge is 0.410 e. The van der Waals surface area contributed by atoms with Crippen LogP contribution in [0.3, 0.4) is 0 Å². The summed E-state index contributed by atoms with van der Waals surface area (Å²) in [6, 6.07) is 16.2. The zero-order valence-electron chi connectivity index (χ0n) is 18.8. The molecule has 1 aliphatic heterocycles. The highest BCUT2D eigenvalue weighted by Crippen LogP contribution is 2.27. The average molecular weight is 479 g/mol. The lowest BCUT2D eigenvalue weighted by Gasteiger charge is -2.22. The van der Waals surface area contributed by atoms with Gasteiger partial charge in [-0.25, -0.2) is 9.78 Å². The number of nitrogens with one attached hydrogen (secondary N) is 2. The van der Waals surface area contributed by atoms with Gasteiger partial charge >= 0.3 is 6.09 Å². The lowest BCUT2D eigenvalue weighted by molar-refractivity contribution is -0.120. The molecule has 1 aromatic heterocycles. The highest BCUT2D eigenvalue weighted by Gasteiger charge is 2.35. The van der Waals surface area contributed by atoms with Crippen molar-refractivity contribution >= 4 is 40.1 Å². The van der Waals surface area contributed by atoms with Gasteiger partial charge in [0.05, 0.1) is 5.69 Å². The quantitative estimate of drug-likeness (QED) is 0.503. The van der Waals surface area contributed by atoms with Gasteiger partial charge in [0.2, 0.25) is 11.8 Å². The fraction of sp³-hybridized carbons (Fsp3) is 0.280. The Labute approximate surface area is 202 Å². The zero-order valence-corrected chi connectivity index (χ0v) is 19.6. The number of nitrogens with zero attached hydrogens (tertiary/aromatic N) is 2. The molecule has 0 unspecified atom stereocenters. The minimum absolute atomic E-state index is 0.0451. The van der Waals surface area contributed by atoms with E-state index in [1.165, 1.54) is 16.2 Å². The maximum Gasteiger partial charge on any atom is 0.410 e. The van der Waals surface area contributed by atoms with Crippen molar-refractivity contribution < 1.29 is 19.1 Å². The maximum absolute atomic E-state index is 12.9. The molecule has 1 saturated heterocycles. The Bertz CT molecular complexity index is 1150. The zero-order chi connectivity index (χ0) is 23.9. The van der Waals surface area contributed by atoms with Crippen LogP contribution in [0.1, 0.15) is 31.7 Å². The van der Waals surface area contributed by atoms with Crippen LogP contribution in [0.2, 0.25) is 0 Å². The molecule has 2 heterocycles. The highest BCUT2D eigenvalue weighted by molar-refractivity contribution is 7.14. The van der Waals surface area contributed by atoms with E-state index in [1.807, 2.05) is 60.0 Å². The molecule has 2 N–H and O–H groups in total. The summed E-state index contributed by atoms with van der Waals surface area (Å²) in [7, 11) is 0. The van der Waals surface area contributed by atoms with Crippen molar-refractivity contribution in [2.45, 2.75) is 38.8 Å². The molecule has 0 radical (unpaired) electrons. The number of ether oxygens (including phenoxy) is 1. The van der Waals surface area contributed by atoms with Crippen molar-refractivity contribution in [3.05, 3.63) is 65.5 Å². The molecule has 9 heteroatoms. The fourth-order valence-electron chi connectivity index (χ4n) is 3.69. The summed E-state index contributed by atoms with van der Waals surface area (Å²) >= 11 is 1.32. The van der Waals surface area contributed by atoms with Crippen LogP contribution >= 0.6 is 11.3 Å². The van der Waals surface area contributed by atoms with Gasteiger partial charge in [-0.2, -0.15) is 0 Å². The molecule has 1 aliphatic rings. The summed E-state index contributed by atoms with van der Waals surface area (Å²) in [5, 5.41) is 7.97. The Morgan fingerprint density at radius 1 is 1.09 bits per heavy atom. The fourth-order valence-corrected chi connectivity index (χ4v) is 4.41. The number of likely N-dealkylation sites (tertiary alicyclic amines) is 1. The molecule has 2 aromatic carbocycles. The van der Waals surface area contributed by atoms with Crippen LogP contribution in [-0.2, 0) is 20.9 Å². The van der Waals surface area contributed by atoms with E-state index in [2.05, 4.69) is 15.6 Å². The van der Waals surface area contributed by atoms with E-state index in [0.717, 1.165) is 28.9 Å². The topological polar surface area (TPSA) is 101 Å². The van der Waals surface area contributed by atoms with Crippen LogP contribution in [-0.4, -0.2) is 40.4 Å². The number of carbonyl (C=O) groups is 3. The van der Waals surface area contributed by atoms with E-state index in [9.17, 15) is 14.4 Å². The first-order valence-electron chi connectivity index (χ1n) is 11.2. The normalized spacial score (nSPS) is 15.1. The van der Waals surface area contributed by atoms with Crippen molar-refractivity contribution in [1.29, 1.82) is 0 Å². The monoisotopic (exact) mass is 478 g/mol. The van der Waals surface area contributed by atoms with Gasteiger partial charge in [-0.1, -0.05) is 49.4 Å². The first-order chi connectivity index (χ1) is 16.5. The molecule has 0 bridgehead atoms. The summed E-state index contributed by atoms with van der Waals surface area (Å²) in [6.45, 7) is 2.45. The second-order valence-corrected chi connectivity index (χ2v) is 8.76. The Hall–Kier alpha value is -3.72. The summed E-state index contributed by atoms with van der Waals surface area (Å²) in [4.78, 5) is 43.0. The molecule has 4 rings (SSSR count). The number of carbonyl (C=O) groups excluding carboxylic acids is 3. The molecular weight excluding hydrogens is 452 g/mol. The van der Waals surface area contributed by atoms with Gasteiger partial charge < -0.3 is 15.4 Å². The van der Waals surface area contributed by atoms with Crippen LogP contribution in [0.4, 0.5) is 15.6 Å². The van der Waals surface area contributed by atoms with Crippen LogP contribution in [0, 0.1) is 0 Å². The third-order valence-electron chi connectivity index (χ3n) is 5.51. The lowest BCUT2D eigenvalue weighted by atomic mass is 10.1. The number of thiazole rings is 1. The number of aromatic nitrogens is 1. The minimum atomic E-state index is -0.586. The largest absolute Gasteiger partial charge is 0.445 e. The van der Waals surface area contributed by atoms with Gasteiger partial charge in [0.1, 0.15) is 12.6 Å². The molecule has 0 saturated carbocycles. The number of hydrogen-bond donors (Lipinski definition) is 2. The predicted molar refractivity (Wildman–Crippen MR) is 131 cm³/mol. The lowest BCUT2D eigenvalue weighted by Crippen LogP contribution is -2.43. The van der Waals surface area contributed by atoms with E-state index >= 15 is 0 Å². The van der Waals surface area contributed by atoms with Crippen LogP contribution < -0.4 is 10.6 Å². The average Bonchev–Trinajstić information content (AvgIpc) is 3.54. The third kappa shape index (κ3) is 5.79. The van der Waals surface area contributed by atoms with Crippen LogP contribution in [0.25, 0.3) is 11.3 Å². The van der Waals surface area contributed by atoms with Gasteiger partial charge in [-0.05, 0) is 30.5 Å². The third-order valence-corrected chi connectivity index (χ3v) is 6.27. The Morgan fingerprint density at radius 2 is 1.85 bits per heavy atom. The second-order valence-electron chi connectivity index (χ2n) is 7.90. The Balaban J connectivity index is 1.34. The minimum Gasteiger partial charge on any atom is -0.445 e. The van der Waals surface area contributed by atoms with E-state index in [4.69, 9.17) is 4.74 Å². The van der Waals surface area contributed by atoms with Crippen molar-refractivity contribution in [3.63, 3.8) is 0 Å². The first kappa shape index (κ1) is 23.4. The van der Waals surface area contributed by atoms with E-state index in [-0.39, 0.29) is 18.4 Å². The van der Waals surface area contributed by atoms with Gasteiger partial charge in [0, 0.05) is 29.6 Å². The number of rotatable bonds is 7. The van der Waals surface area contributed by atoms with Gasteiger partial charge in [-0.15, -0.1) is 11.3 Å². The number of benzene rings is 2. The van der Waals surface area contributed by atoms with Crippen molar-refractivity contribution in [3.8, 4) is 11.3 Å². The Morgan fingerprint density at radius 3 is 2.59 bits per heavy atom. The van der Waals surface area contributed by atoms with Crippen LogP contribution in [0.5, 0.6) is 0 Å². The molecular formula is C25H26N4O4S. The molecule has 0 aliphatic carbocycles. The molecule has 3 aromatic rings. The van der Waals surface area contributed by atoms with Gasteiger partial charge in [0.15, 0.2) is 5.13 Å². The van der Waals surface area contributed by atoms with Crippen molar-refractivity contribution in [2.75, 3.05) is 17.2 Å². The Kier molecular flexibility index (Phi) is 7.54. The summed E-state index contributed by atoms with van der Waals surface area (Å²) in [5.74, 6) is -0.316. The van der Waals surface area contributed by atoms with E-state index in [0.29, 0.717) is 24.5 Å². The number of hydrogen-bond acceptors (Lipinski definition) is 6. The second kappa shape index (κ2) is 10.9. The van der Waals surface area contributed by atoms with Gasteiger partial charge in [0.25, 0.3) is 0 Å². The van der Waals surface area contributed by atoms with Gasteiger partial charge in [-0.3, -0.25) is 14.5 Å². The molecule has 176 valence electrons. The first-order valence-corrected chi connectivity index (χ1v) is 12.1. The highest BCUT2D eigenvalue weighted by atomic mass is 32.1. The standard InChI is InChI=1S/C25H26N4O4S/c1-2-22(30)26-19-12-10-18(11-13-19)20-16-34-24(27-20)28-23(31)21-9-6-14-29(21)25(32)33-15-17-7-4-3-5-8-17/h3-5,7-8,10-13,16,21H,2,6,9,14-15H2,1H3,(H,26,30)(H,27,28,31)/t21-/m0/s1. The maximum atomic E-state index is 12.9. The number of amides is 3.